The van der Waals surface area contributed by atoms with Crippen molar-refractivity contribution in [2.24, 2.45) is 18.9 Å². The standard InChI is InChI=1S/C16H22N6O2/c1-3-16(7-10-4-5-11(6-10)8-16)18-14(23)12-13-19-20-21(2)15(24)22(13)9-17-12/h9-11H,3-8H2,1-2H3,(H,18,23). The topological polar surface area (TPSA) is 94.2 Å². The molecule has 2 atom stereocenters. The first-order valence-corrected chi connectivity index (χ1v) is 8.61. The minimum absolute atomic E-state index is 0.162. The van der Waals surface area contributed by atoms with Crippen molar-refractivity contribution in [1.29, 1.82) is 0 Å². The Morgan fingerprint density at radius 3 is 2.75 bits per heavy atom. The molecule has 128 valence electrons. The number of nitrogens with one attached hydrogen (secondary N) is 1. The number of nitrogens with zero attached hydrogens (tertiary/aromatic N) is 5. The molecule has 8 heteroatoms. The van der Waals surface area contributed by atoms with Crippen molar-refractivity contribution < 1.29 is 4.79 Å². The van der Waals surface area contributed by atoms with Gasteiger partial charge in [-0.15, -0.1) is 5.10 Å². The minimum Gasteiger partial charge on any atom is -0.345 e. The highest BCUT2D eigenvalue weighted by molar-refractivity contribution is 5.98. The Balaban J connectivity index is 1.64. The second-order valence-electron chi connectivity index (χ2n) is 7.32. The maximum Gasteiger partial charge on any atom is 0.352 e. The molecule has 2 saturated carbocycles. The smallest absolute Gasteiger partial charge is 0.345 e. The summed E-state index contributed by atoms with van der Waals surface area (Å²) in [6, 6.07) is 0. The molecule has 8 nitrogen and oxygen atoms in total. The van der Waals surface area contributed by atoms with E-state index in [2.05, 4.69) is 27.5 Å². The van der Waals surface area contributed by atoms with E-state index in [0.29, 0.717) is 0 Å². The van der Waals surface area contributed by atoms with E-state index in [0.717, 1.165) is 35.8 Å². The third kappa shape index (κ3) is 2.32. The van der Waals surface area contributed by atoms with E-state index in [-0.39, 0.29) is 28.5 Å². The highest BCUT2D eigenvalue weighted by Crippen LogP contribution is 2.47. The number of rotatable bonds is 3. The maximum atomic E-state index is 12.8. The molecule has 2 aromatic heterocycles. The molecule has 2 aliphatic carbocycles. The Morgan fingerprint density at radius 1 is 1.38 bits per heavy atom. The monoisotopic (exact) mass is 330 g/mol. The summed E-state index contributed by atoms with van der Waals surface area (Å²) in [7, 11) is 1.51. The van der Waals surface area contributed by atoms with E-state index in [4.69, 9.17) is 0 Å². The number of hydrogen-bond acceptors (Lipinski definition) is 5. The van der Waals surface area contributed by atoms with Crippen LogP contribution in [0, 0.1) is 11.8 Å². The Kier molecular flexibility index (Phi) is 3.43. The predicted octanol–water partition coefficient (Wildman–Crippen LogP) is 0.912. The lowest BCUT2D eigenvalue weighted by Gasteiger charge is -2.40. The maximum absolute atomic E-state index is 12.8. The average molecular weight is 330 g/mol. The number of aryl methyl sites for hydroxylation is 1. The fourth-order valence-corrected chi connectivity index (χ4v) is 4.56. The summed E-state index contributed by atoms with van der Waals surface area (Å²) in [5.74, 6) is 1.17. The third-order valence-electron chi connectivity index (χ3n) is 5.78. The van der Waals surface area contributed by atoms with Crippen LogP contribution in [0.15, 0.2) is 11.1 Å². The molecular weight excluding hydrogens is 308 g/mol. The number of aromatic nitrogens is 5. The Labute approximate surface area is 139 Å². The van der Waals surface area contributed by atoms with E-state index in [1.807, 2.05) is 0 Å². The molecule has 2 unspecified atom stereocenters. The summed E-state index contributed by atoms with van der Waals surface area (Å²) in [6.07, 6.45) is 8.16. The van der Waals surface area contributed by atoms with Gasteiger partial charge in [0, 0.05) is 12.6 Å². The number of amides is 1. The van der Waals surface area contributed by atoms with E-state index in [1.54, 1.807) is 0 Å². The highest BCUT2D eigenvalue weighted by atomic mass is 16.2. The highest BCUT2D eigenvalue weighted by Gasteiger charge is 2.44. The molecule has 2 aromatic rings. The molecule has 1 N–H and O–H groups in total. The van der Waals surface area contributed by atoms with Crippen LogP contribution in [0.3, 0.4) is 0 Å². The van der Waals surface area contributed by atoms with Crippen LogP contribution in [0.2, 0.25) is 0 Å². The summed E-state index contributed by atoms with van der Waals surface area (Å²) in [4.78, 5) is 29.0. The SMILES string of the molecule is CCC1(NC(=O)c2ncn3c(=O)n(C)nnc23)CC2CCC(C2)C1. The molecule has 4 rings (SSSR count). The van der Waals surface area contributed by atoms with Gasteiger partial charge in [-0.1, -0.05) is 25.0 Å². The van der Waals surface area contributed by atoms with Gasteiger partial charge in [0.2, 0.25) is 0 Å². The van der Waals surface area contributed by atoms with Crippen LogP contribution < -0.4 is 11.0 Å². The zero-order chi connectivity index (χ0) is 16.9. The van der Waals surface area contributed by atoms with Gasteiger partial charge in [-0.25, -0.2) is 14.2 Å². The lowest BCUT2D eigenvalue weighted by Crippen LogP contribution is -2.51. The average Bonchev–Trinajstić information content (AvgIpc) is 3.15. The van der Waals surface area contributed by atoms with Crippen LogP contribution in [-0.4, -0.2) is 35.8 Å². The first-order chi connectivity index (χ1) is 11.5. The number of fused-ring (bicyclic) bond motifs is 3. The molecule has 0 radical (unpaired) electrons. The predicted molar refractivity (Wildman–Crippen MR) is 86.6 cm³/mol. The fourth-order valence-electron chi connectivity index (χ4n) is 4.56. The van der Waals surface area contributed by atoms with Gasteiger partial charge in [0.25, 0.3) is 5.91 Å². The van der Waals surface area contributed by atoms with Crippen LogP contribution in [0.25, 0.3) is 5.65 Å². The number of hydrogen-bond donors (Lipinski definition) is 1. The Morgan fingerprint density at radius 2 is 2.08 bits per heavy atom. The van der Waals surface area contributed by atoms with Gasteiger partial charge in [-0.3, -0.25) is 4.79 Å². The summed E-state index contributed by atoms with van der Waals surface area (Å²) in [6.45, 7) is 2.13. The molecule has 1 amide bonds. The molecule has 2 aliphatic rings. The summed E-state index contributed by atoms with van der Waals surface area (Å²) >= 11 is 0. The Hall–Kier alpha value is -2.25. The lowest BCUT2D eigenvalue weighted by atomic mass is 9.73. The van der Waals surface area contributed by atoms with E-state index in [9.17, 15) is 9.59 Å². The summed E-state index contributed by atoms with van der Waals surface area (Å²) in [5.41, 5.74) is -0.149. The second kappa shape index (κ2) is 5.39. The van der Waals surface area contributed by atoms with Crippen LogP contribution in [0.1, 0.15) is 55.9 Å². The zero-order valence-corrected chi connectivity index (χ0v) is 14.0. The van der Waals surface area contributed by atoms with E-state index >= 15 is 0 Å². The van der Waals surface area contributed by atoms with Crippen LogP contribution in [0.4, 0.5) is 0 Å². The van der Waals surface area contributed by atoms with Crippen LogP contribution in [-0.2, 0) is 7.05 Å². The van der Waals surface area contributed by atoms with Crippen molar-refractivity contribution in [3.63, 3.8) is 0 Å². The van der Waals surface area contributed by atoms with Crippen LogP contribution in [0.5, 0.6) is 0 Å². The molecule has 0 aliphatic heterocycles. The second-order valence-corrected chi connectivity index (χ2v) is 7.32. The molecule has 24 heavy (non-hydrogen) atoms. The zero-order valence-electron chi connectivity index (χ0n) is 14.0. The fraction of sp³-hybridized carbons (Fsp3) is 0.688. The molecule has 2 fully saturated rings. The molecule has 2 heterocycles. The van der Waals surface area contributed by atoms with E-state index < -0.39 is 0 Å². The van der Waals surface area contributed by atoms with Gasteiger partial charge >= 0.3 is 5.69 Å². The van der Waals surface area contributed by atoms with Crippen molar-refractivity contribution in [2.75, 3.05) is 0 Å². The molecule has 2 bridgehead atoms. The normalized spacial score (nSPS) is 29.1. The van der Waals surface area contributed by atoms with Gasteiger partial charge in [-0.05, 0) is 37.5 Å². The van der Waals surface area contributed by atoms with E-state index in [1.165, 1.54) is 37.0 Å². The summed E-state index contributed by atoms with van der Waals surface area (Å²) in [5, 5.41) is 10.9. The molecule has 0 spiro atoms. The quantitative estimate of drug-likeness (QED) is 0.903. The minimum atomic E-state index is -0.368. The Bertz CT molecular complexity index is 842. The lowest BCUT2D eigenvalue weighted by molar-refractivity contribution is 0.0823. The largest absolute Gasteiger partial charge is 0.352 e. The van der Waals surface area contributed by atoms with Gasteiger partial charge in [0.05, 0.1) is 0 Å². The van der Waals surface area contributed by atoms with Gasteiger partial charge < -0.3 is 5.32 Å². The number of carbonyl (C=O) groups is 1. The van der Waals surface area contributed by atoms with Gasteiger partial charge in [0.1, 0.15) is 6.33 Å². The number of imidazole rings is 1. The van der Waals surface area contributed by atoms with Crippen molar-refractivity contribution in [1.82, 2.24) is 29.7 Å². The first-order valence-electron chi connectivity index (χ1n) is 8.61. The van der Waals surface area contributed by atoms with Crippen molar-refractivity contribution in [3.8, 4) is 0 Å². The number of carbonyl (C=O) groups excluding carboxylic acids is 1. The molecule has 0 aromatic carbocycles. The van der Waals surface area contributed by atoms with Crippen molar-refractivity contribution >= 4 is 11.6 Å². The van der Waals surface area contributed by atoms with Crippen molar-refractivity contribution in [3.05, 3.63) is 22.5 Å². The summed E-state index contributed by atoms with van der Waals surface area (Å²) < 4.78 is 2.37. The van der Waals surface area contributed by atoms with Crippen molar-refractivity contribution in [2.45, 2.75) is 51.0 Å². The van der Waals surface area contributed by atoms with Gasteiger partial charge in [0.15, 0.2) is 11.3 Å². The molecular formula is C16H22N6O2. The van der Waals surface area contributed by atoms with Crippen LogP contribution >= 0.6 is 0 Å². The van der Waals surface area contributed by atoms with Gasteiger partial charge in [-0.2, -0.15) is 4.68 Å². The third-order valence-corrected chi connectivity index (χ3v) is 5.78. The first kappa shape index (κ1) is 15.3. The molecule has 0 saturated heterocycles.